The van der Waals surface area contributed by atoms with Gasteiger partial charge < -0.3 is 10.3 Å². The zero-order valence-electron chi connectivity index (χ0n) is 14.1. The number of H-pyrrole nitrogens is 1. The van der Waals surface area contributed by atoms with E-state index in [1.165, 1.54) is 32.1 Å². The Hall–Kier alpha value is -1.42. The Balaban J connectivity index is 1.97. The second-order valence-corrected chi connectivity index (χ2v) is 6.53. The fourth-order valence-corrected chi connectivity index (χ4v) is 3.54. The van der Waals surface area contributed by atoms with Gasteiger partial charge >= 0.3 is 0 Å². The summed E-state index contributed by atoms with van der Waals surface area (Å²) in [6, 6.07) is 0.452. The van der Waals surface area contributed by atoms with Crippen molar-refractivity contribution in [2.24, 2.45) is 0 Å². The van der Waals surface area contributed by atoms with Crippen LogP contribution in [0.25, 0.3) is 0 Å². The molecule has 1 saturated carbocycles. The number of aromatic amines is 1. The van der Waals surface area contributed by atoms with Crippen LogP contribution in [0.1, 0.15) is 84.0 Å². The number of nitrogens with one attached hydrogen (secondary N) is 2. The van der Waals surface area contributed by atoms with Crippen molar-refractivity contribution in [2.45, 2.75) is 71.8 Å². The third kappa shape index (κ3) is 4.07. The van der Waals surface area contributed by atoms with Crippen LogP contribution >= 0.6 is 0 Å². The first-order valence-corrected chi connectivity index (χ1v) is 8.47. The van der Waals surface area contributed by atoms with Gasteiger partial charge in [-0.2, -0.15) is 0 Å². The van der Waals surface area contributed by atoms with Gasteiger partial charge in [0.2, 0.25) is 0 Å². The average molecular weight is 304 g/mol. The molecule has 0 bridgehead atoms. The number of aryl methyl sites for hydroxylation is 1. The van der Waals surface area contributed by atoms with Crippen molar-refractivity contribution in [3.63, 3.8) is 0 Å². The quantitative estimate of drug-likeness (QED) is 0.815. The van der Waals surface area contributed by atoms with Crippen molar-refractivity contribution in [2.75, 3.05) is 6.54 Å². The molecule has 1 fully saturated rings. The maximum absolute atomic E-state index is 12.4. The van der Waals surface area contributed by atoms with E-state index in [1.54, 1.807) is 6.92 Å². The smallest absolute Gasteiger partial charge is 0.193 e. The van der Waals surface area contributed by atoms with Gasteiger partial charge in [-0.05, 0) is 39.2 Å². The summed E-state index contributed by atoms with van der Waals surface area (Å²) in [5.74, 6) is 0.0634. The predicted octanol–water partition coefficient (Wildman–Crippen LogP) is 3.72. The van der Waals surface area contributed by atoms with Crippen LogP contribution in [0.15, 0.2) is 0 Å². The minimum Gasteiger partial charge on any atom is -0.355 e. The van der Waals surface area contributed by atoms with Crippen LogP contribution in [0, 0.1) is 13.8 Å². The van der Waals surface area contributed by atoms with E-state index in [0.29, 0.717) is 23.8 Å². The molecule has 1 aliphatic carbocycles. The normalized spacial score (nSPS) is 17.0. The molecule has 1 aromatic heterocycles. The summed E-state index contributed by atoms with van der Waals surface area (Å²) in [5, 5.41) is 3.42. The lowest BCUT2D eigenvalue weighted by atomic mass is 9.96. The highest BCUT2D eigenvalue weighted by Gasteiger charge is 2.20. The average Bonchev–Trinajstić information content (AvgIpc) is 2.72. The van der Waals surface area contributed by atoms with Gasteiger partial charge in [0, 0.05) is 17.3 Å². The Kier molecular flexibility index (Phi) is 5.95. The fraction of sp³-hybridized carbons (Fsp3) is 0.667. The molecule has 4 nitrogen and oxygen atoms in total. The molecule has 0 aliphatic heterocycles. The first kappa shape index (κ1) is 16.9. The standard InChI is InChI=1S/C18H28N2O2/c1-12-17(14(3)21)13(2)20-18(12)16(22)11-19-15-9-7-5-4-6-8-10-15/h15,19-20H,4-11H2,1-3H3. The Labute approximate surface area is 133 Å². The number of hydrogen-bond acceptors (Lipinski definition) is 3. The number of carbonyl (C=O) groups is 2. The van der Waals surface area contributed by atoms with E-state index in [9.17, 15) is 9.59 Å². The minimum atomic E-state index is 0.0123. The molecule has 2 rings (SSSR count). The second kappa shape index (κ2) is 7.73. The van der Waals surface area contributed by atoms with Gasteiger partial charge in [-0.15, -0.1) is 0 Å². The lowest BCUT2D eigenvalue weighted by molar-refractivity contribution is 0.0980. The van der Waals surface area contributed by atoms with Gasteiger partial charge in [0.1, 0.15) is 0 Å². The van der Waals surface area contributed by atoms with Crippen LogP contribution in [0.2, 0.25) is 0 Å². The molecule has 122 valence electrons. The van der Waals surface area contributed by atoms with Crippen LogP contribution in [0.4, 0.5) is 0 Å². The van der Waals surface area contributed by atoms with Crippen molar-refractivity contribution < 1.29 is 9.59 Å². The van der Waals surface area contributed by atoms with Crippen molar-refractivity contribution in [3.8, 4) is 0 Å². The Morgan fingerprint density at radius 3 is 2.23 bits per heavy atom. The highest BCUT2D eigenvalue weighted by Crippen LogP contribution is 2.20. The molecule has 0 unspecified atom stereocenters. The van der Waals surface area contributed by atoms with E-state index in [0.717, 1.165) is 24.1 Å². The summed E-state index contributed by atoms with van der Waals surface area (Å²) in [5.41, 5.74) is 2.82. The molecule has 0 amide bonds. The highest BCUT2D eigenvalue weighted by atomic mass is 16.1. The van der Waals surface area contributed by atoms with Crippen LogP contribution in [0.3, 0.4) is 0 Å². The van der Waals surface area contributed by atoms with Gasteiger partial charge in [0.25, 0.3) is 0 Å². The predicted molar refractivity (Wildman–Crippen MR) is 88.7 cm³/mol. The maximum atomic E-state index is 12.4. The molecule has 0 spiro atoms. The van der Waals surface area contributed by atoms with Gasteiger partial charge in [0.15, 0.2) is 11.6 Å². The second-order valence-electron chi connectivity index (χ2n) is 6.53. The van der Waals surface area contributed by atoms with E-state index < -0.39 is 0 Å². The van der Waals surface area contributed by atoms with Gasteiger partial charge in [0.05, 0.1) is 12.2 Å². The molecule has 1 aliphatic rings. The van der Waals surface area contributed by atoms with Crippen molar-refractivity contribution in [1.29, 1.82) is 0 Å². The SMILES string of the molecule is CC(=O)c1c(C)[nH]c(C(=O)CNC2CCCCCCC2)c1C. The van der Waals surface area contributed by atoms with Crippen molar-refractivity contribution in [3.05, 3.63) is 22.5 Å². The summed E-state index contributed by atoms with van der Waals surface area (Å²) in [4.78, 5) is 27.2. The van der Waals surface area contributed by atoms with Gasteiger partial charge in [-0.1, -0.05) is 32.1 Å². The summed E-state index contributed by atoms with van der Waals surface area (Å²) in [6.45, 7) is 5.60. The van der Waals surface area contributed by atoms with E-state index in [1.807, 2.05) is 13.8 Å². The maximum Gasteiger partial charge on any atom is 0.193 e. The molecular weight excluding hydrogens is 276 g/mol. The van der Waals surface area contributed by atoms with Crippen molar-refractivity contribution >= 4 is 11.6 Å². The number of aromatic nitrogens is 1. The van der Waals surface area contributed by atoms with E-state index in [4.69, 9.17) is 0 Å². The number of rotatable bonds is 5. The molecule has 0 aromatic carbocycles. The van der Waals surface area contributed by atoms with Crippen LogP contribution in [-0.2, 0) is 0 Å². The lowest BCUT2D eigenvalue weighted by Gasteiger charge is -2.20. The number of hydrogen-bond donors (Lipinski definition) is 2. The zero-order chi connectivity index (χ0) is 16.1. The van der Waals surface area contributed by atoms with Crippen molar-refractivity contribution in [1.82, 2.24) is 10.3 Å². The minimum absolute atomic E-state index is 0.0123. The van der Waals surface area contributed by atoms with E-state index >= 15 is 0 Å². The number of Topliss-reactive ketones (excluding diaryl/α,β-unsaturated/α-hetero) is 2. The van der Waals surface area contributed by atoms with Crippen LogP contribution < -0.4 is 5.32 Å². The summed E-state index contributed by atoms with van der Waals surface area (Å²) in [7, 11) is 0. The monoisotopic (exact) mass is 304 g/mol. The molecule has 0 radical (unpaired) electrons. The topological polar surface area (TPSA) is 62.0 Å². The fourth-order valence-electron chi connectivity index (χ4n) is 3.54. The molecule has 22 heavy (non-hydrogen) atoms. The largest absolute Gasteiger partial charge is 0.355 e. The highest BCUT2D eigenvalue weighted by molar-refractivity contribution is 6.03. The summed E-state index contributed by atoms with van der Waals surface area (Å²) >= 11 is 0. The molecular formula is C18H28N2O2. The number of carbonyl (C=O) groups excluding carboxylic acids is 2. The summed E-state index contributed by atoms with van der Waals surface area (Å²) in [6.07, 6.45) is 8.79. The lowest BCUT2D eigenvalue weighted by Crippen LogP contribution is -2.34. The molecule has 1 heterocycles. The molecule has 1 aromatic rings. The third-order valence-corrected chi connectivity index (χ3v) is 4.72. The first-order valence-electron chi connectivity index (χ1n) is 8.47. The van der Waals surface area contributed by atoms with Crippen LogP contribution in [-0.4, -0.2) is 29.1 Å². The zero-order valence-corrected chi connectivity index (χ0v) is 14.1. The van der Waals surface area contributed by atoms with E-state index in [2.05, 4.69) is 10.3 Å². The molecule has 4 heteroatoms. The Morgan fingerprint density at radius 1 is 1.09 bits per heavy atom. The Morgan fingerprint density at radius 2 is 1.68 bits per heavy atom. The third-order valence-electron chi connectivity index (χ3n) is 4.72. The van der Waals surface area contributed by atoms with Gasteiger partial charge in [-0.3, -0.25) is 9.59 Å². The van der Waals surface area contributed by atoms with Crippen LogP contribution in [0.5, 0.6) is 0 Å². The van der Waals surface area contributed by atoms with E-state index in [-0.39, 0.29) is 11.6 Å². The molecule has 0 saturated heterocycles. The Bertz CT molecular complexity index is 538. The van der Waals surface area contributed by atoms with Gasteiger partial charge in [-0.25, -0.2) is 0 Å². The molecule has 0 atom stereocenters. The molecule has 2 N–H and O–H groups in total. The number of ketones is 2. The first-order chi connectivity index (χ1) is 10.5. The summed E-state index contributed by atoms with van der Waals surface area (Å²) < 4.78 is 0.